The zero-order chi connectivity index (χ0) is 33.0. The van der Waals surface area contributed by atoms with Crippen molar-refractivity contribution in [2.75, 3.05) is 30.0 Å². The van der Waals surface area contributed by atoms with Crippen LogP contribution in [0, 0.1) is 23.1 Å². The molecule has 6 rings (SSSR count). The molecule has 3 aromatic carbocycles. The van der Waals surface area contributed by atoms with Crippen molar-refractivity contribution < 1.29 is 28.1 Å². The van der Waals surface area contributed by atoms with Gasteiger partial charge in [-0.15, -0.1) is 0 Å². The summed E-state index contributed by atoms with van der Waals surface area (Å²) >= 11 is 6.57. The Bertz CT molecular complexity index is 1830. The molecule has 0 aliphatic carbocycles. The zero-order valence-corrected chi connectivity index (χ0v) is 28.3. The molecular formula is C35H33ClFN3O5S2. The smallest absolute Gasteiger partial charge is 0.163 e. The molecule has 2 fully saturated rings. The summed E-state index contributed by atoms with van der Waals surface area (Å²) in [6.07, 6.45) is 1.93. The number of hydrogen-bond acceptors (Lipinski definition) is 10. The molecule has 244 valence electrons. The number of fused-ring (bicyclic) bond motifs is 1. The summed E-state index contributed by atoms with van der Waals surface area (Å²) in [5.74, 6) is 2.36. The Morgan fingerprint density at radius 2 is 1.98 bits per heavy atom. The number of nitrogens with zero attached hydrogens (tertiary/aromatic N) is 2. The molecule has 4 aromatic rings. The van der Waals surface area contributed by atoms with Crippen molar-refractivity contribution in [1.29, 1.82) is 5.26 Å². The third-order valence-electron chi connectivity index (χ3n) is 7.74. The van der Waals surface area contributed by atoms with Gasteiger partial charge in [-0.25, -0.2) is 4.39 Å². The molecule has 8 nitrogen and oxygen atoms in total. The van der Waals surface area contributed by atoms with Crippen LogP contribution in [0.5, 0.6) is 11.5 Å². The fourth-order valence-corrected chi connectivity index (χ4v) is 8.64. The lowest BCUT2D eigenvalue weighted by Gasteiger charge is -2.19. The van der Waals surface area contributed by atoms with E-state index >= 15 is 0 Å². The van der Waals surface area contributed by atoms with E-state index in [4.69, 9.17) is 30.5 Å². The number of benzene rings is 3. The predicted octanol–water partition coefficient (Wildman–Crippen LogP) is 8.26. The molecule has 1 N–H and O–H groups in total. The van der Waals surface area contributed by atoms with Crippen LogP contribution in [0.2, 0.25) is 5.02 Å². The molecule has 0 unspecified atom stereocenters. The van der Waals surface area contributed by atoms with Crippen LogP contribution in [0.3, 0.4) is 0 Å². The van der Waals surface area contributed by atoms with Gasteiger partial charge in [0.2, 0.25) is 0 Å². The van der Waals surface area contributed by atoms with Gasteiger partial charge in [-0.05, 0) is 61.7 Å². The number of carbonyl (C=O) groups is 1. The maximum absolute atomic E-state index is 13.6. The van der Waals surface area contributed by atoms with Crippen LogP contribution in [0.4, 0.5) is 15.8 Å². The highest BCUT2D eigenvalue weighted by Gasteiger charge is 2.33. The predicted molar refractivity (Wildman–Crippen MR) is 184 cm³/mol. The van der Waals surface area contributed by atoms with Gasteiger partial charge in [-0.2, -0.15) is 5.26 Å². The topological polar surface area (TPSA) is 103 Å². The lowest BCUT2D eigenvalue weighted by atomic mass is 9.98. The first kappa shape index (κ1) is 33.4. The Morgan fingerprint density at radius 1 is 1.15 bits per heavy atom. The molecule has 0 amide bonds. The minimum absolute atomic E-state index is 0.128. The van der Waals surface area contributed by atoms with E-state index in [1.165, 1.54) is 18.3 Å². The number of nitriles is 1. The van der Waals surface area contributed by atoms with Crippen LogP contribution < -0.4 is 14.8 Å². The number of ether oxygens (including phenoxy) is 4. The number of anilines is 2. The molecule has 47 heavy (non-hydrogen) atoms. The minimum atomic E-state index is -0.683. The minimum Gasteiger partial charge on any atom is -0.490 e. The third-order valence-corrected chi connectivity index (χ3v) is 10.7. The molecule has 12 heteroatoms. The van der Waals surface area contributed by atoms with E-state index in [1.807, 2.05) is 26.0 Å². The monoisotopic (exact) mass is 693 g/mol. The van der Waals surface area contributed by atoms with Gasteiger partial charge < -0.3 is 24.3 Å². The molecule has 2 saturated heterocycles. The van der Waals surface area contributed by atoms with Crippen molar-refractivity contribution in [3.63, 3.8) is 0 Å². The van der Waals surface area contributed by atoms with E-state index in [0.717, 1.165) is 11.5 Å². The zero-order valence-electron chi connectivity index (χ0n) is 25.9. The first-order valence-corrected chi connectivity index (χ1v) is 18.0. The maximum Gasteiger partial charge on any atom is 0.163 e. The summed E-state index contributed by atoms with van der Waals surface area (Å²) in [5.41, 5.74) is 3.44. The number of Topliss-reactive ketones (excluding diaryl/α,β-unsaturated/α-hetero) is 1. The number of ketones is 1. The molecule has 3 heterocycles. The second kappa shape index (κ2) is 14.7. The average Bonchev–Trinajstić information content (AvgIpc) is 3.68. The summed E-state index contributed by atoms with van der Waals surface area (Å²) in [7, 11) is 3.61. The van der Waals surface area contributed by atoms with Crippen LogP contribution in [0.25, 0.3) is 10.9 Å². The Kier molecular flexibility index (Phi) is 10.4. The highest BCUT2D eigenvalue weighted by Crippen LogP contribution is 2.38. The van der Waals surface area contributed by atoms with Crippen LogP contribution in [0.15, 0.2) is 60.8 Å². The first-order valence-electron chi connectivity index (χ1n) is 15.2. The van der Waals surface area contributed by atoms with Crippen molar-refractivity contribution in [1.82, 2.24) is 4.98 Å². The highest BCUT2D eigenvalue weighted by molar-refractivity contribution is 8.77. The Labute approximate surface area is 285 Å². The molecule has 2 aliphatic rings. The molecule has 1 aromatic heterocycles. The third kappa shape index (κ3) is 8.50. The lowest BCUT2D eigenvalue weighted by Crippen LogP contribution is -2.25. The number of rotatable bonds is 12. The lowest BCUT2D eigenvalue weighted by molar-refractivity contribution is -0.141. The van der Waals surface area contributed by atoms with Crippen molar-refractivity contribution in [2.24, 2.45) is 5.92 Å². The van der Waals surface area contributed by atoms with Crippen LogP contribution in [0.1, 0.15) is 37.0 Å². The average molecular weight is 694 g/mol. The fraction of sp³-hybridized carbons (Fsp3) is 0.343. The van der Waals surface area contributed by atoms with E-state index in [2.05, 4.69) is 16.4 Å². The number of halogens is 2. The summed E-state index contributed by atoms with van der Waals surface area (Å²) in [4.78, 5) is 17.8. The number of carbonyl (C=O) groups excluding carboxylic acids is 1. The van der Waals surface area contributed by atoms with Crippen LogP contribution >= 0.6 is 33.2 Å². The van der Waals surface area contributed by atoms with E-state index < -0.39 is 5.79 Å². The Morgan fingerprint density at radius 3 is 2.70 bits per heavy atom. The van der Waals surface area contributed by atoms with Gasteiger partial charge in [0, 0.05) is 53.2 Å². The van der Waals surface area contributed by atoms with E-state index in [9.17, 15) is 14.4 Å². The molecule has 1 atom stereocenters. The van der Waals surface area contributed by atoms with Gasteiger partial charge in [0.25, 0.3) is 0 Å². The first-order chi connectivity index (χ1) is 22.7. The number of hydrogen-bond donors (Lipinski definition) is 1. The van der Waals surface area contributed by atoms with Crippen molar-refractivity contribution in [3.05, 3.63) is 88.3 Å². The maximum atomic E-state index is 13.6. The standard InChI is InChI=1S/C35H33ClFN3O5S2/c1-35(2)44-18-28(45-35)17-43-33-13-31-29(11-23(33)10-27(41)9-22-19-46-47-20-22)34(24(14-38)15-39-31)40-26-6-7-32(30(36)12-26)42-16-21-4-3-5-25(37)8-21/h3-8,11-13,15,22,28H,9-10,16-20H2,1-2H3,(H,39,40)/t28-/m0/s1. The van der Waals surface area contributed by atoms with Crippen molar-refractivity contribution in [3.8, 4) is 17.6 Å². The highest BCUT2D eigenvalue weighted by atomic mass is 35.5. The van der Waals surface area contributed by atoms with Gasteiger partial charge in [-0.3, -0.25) is 9.78 Å². The molecule has 0 radical (unpaired) electrons. The van der Waals surface area contributed by atoms with Crippen molar-refractivity contribution in [2.45, 2.75) is 45.2 Å². The van der Waals surface area contributed by atoms with Gasteiger partial charge in [0.05, 0.1) is 28.4 Å². The van der Waals surface area contributed by atoms with Gasteiger partial charge in [0.15, 0.2) is 5.79 Å². The largest absolute Gasteiger partial charge is 0.490 e. The van der Waals surface area contributed by atoms with Crippen molar-refractivity contribution >= 4 is 61.2 Å². The summed E-state index contributed by atoms with van der Waals surface area (Å²) < 4.78 is 37.3. The summed E-state index contributed by atoms with van der Waals surface area (Å²) in [5, 5.41) is 14.4. The SMILES string of the molecule is CC1(C)OC[C@H](COc2cc3ncc(C#N)c(Nc4ccc(OCc5cccc(F)c5)c(Cl)c4)c3cc2CC(=O)CC2CSSC2)O1. The molecular weight excluding hydrogens is 661 g/mol. The molecule has 0 bridgehead atoms. The second-order valence-corrected chi connectivity index (χ2v) is 14.9. The molecule has 2 aliphatic heterocycles. The van der Waals surface area contributed by atoms with Crippen LogP contribution in [-0.4, -0.2) is 47.4 Å². The normalized spacial score (nSPS) is 17.5. The van der Waals surface area contributed by atoms with Gasteiger partial charge >= 0.3 is 0 Å². The quantitative estimate of drug-likeness (QED) is 0.146. The summed E-state index contributed by atoms with van der Waals surface area (Å²) in [6.45, 7) is 4.53. The molecule has 0 spiro atoms. The van der Waals surface area contributed by atoms with E-state index in [1.54, 1.807) is 51.9 Å². The summed E-state index contributed by atoms with van der Waals surface area (Å²) in [6, 6.07) is 17.3. The Hall–Kier alpha value is -3.53. The van der Waals surface area contributed by atoms with E-state index in [-0.39, 0.29) is 37.3 Å². The Balaban J connectivity index is 1.27. The van der Waals surface area contributed by atoms with E-state index in [0.29, 0.717) is 74.4 Å². The number of nitrogens with one attached hydrogen (secondary N) is 1. The van der Waals surface area contributed by atoms with Gasteiger partial charge in [-0.1, -0.05) is 45.3 Å². The number of aromatic nitrogens is 1. The second-order valence-electron chi connectivity index (χ2n) is 11.9. The van der Waals surface area contributed by atoms with Gasteiger partial charge in [0.1, 0.15) is 48.5 Å². The number of pyridine rings is 1. The fourth-order valence-electron chi connectivity index (χ4n) is 5.47. The van der Waals surface area contributed by atoms with Crippen LogP contribution in [-0.2, 0) is 27.3 Å². The molecule has 0 saturated carbocycles.